The molecule has 0 radical (unpaired) electrons. The minimum Gasteiger partial charge on any atom is -0.382 e. The van der Waals surface area contributed by atoms with E-state index < -0.39 is 0 Å². The second-order valence-electron chi connectivity index (χ2n) is 4.15. The zero-order valence-electron chi connectivity index (χ0n) is 9.63. The molecule has 3 heteroatoms. The molecule has 0 spiro atoms. The van der Waals surface area contributed by atoms with Gasteiger partial charge in [-0.3, -0.25) is 4.98 Å². The molecule has 15 heavy (non-hydrogen) atoms. The molecule has 1 N–H and O–H groups in total. The van der Waals surface area contributed by atoms with Gasteiger partial charge >= 0.3 is 0 Å². The lowest BCUT2D eigenvalue weighted by Gasteiger charge is -2.19. The van der Waals surface area contributed by atoms with E-state index in [0.717, 1.165) is 16.1 Å². The normalized spacial score (nSPS) is 14.7. The van der Waals surface area contributed by atoms with E-state index in [1.54, 1.807) is 0 Å². The highest BCUT2D eigenvalue weighted by Gasteiger charge is 2.08. The first kappa shape index (κ1) is 12.5. The molecule has 0 aliphatic carbocycles. The third kappa shape index (κ3) is 4.20. The third-order valence-corrected chi connectivity index (χ3v) is 3.26. The number of pyridine rings is 1. The Morgan fingerprint density at radius 3 is 2.80 bits per heavy atom. The lowest BCUT2D eigenvalue weighted by Crippen LogP contribution is -2.18. The van der Waals surface area contributed by atoms with Crippen LogP contribution in [-0.2, 0) is 0 Å². The molecule has 0 saturated heterocycles. The van der Waals surface area contributed by atoms with Gasteiger partial charge in [0.15, 0.2) is 0 Å². The molecule has 2 atom stereocenters. The lowest BCUT2D eigenvalue weighted by molar-refractivity contribution is 0.483. The van der Waals surface area contributed by atoms with Crippen molar-refractivity contribution >= 4 is 21.6 Å². The zero-order valence-corrected chi connectivity index (χ0v) is 11.2. The molecule has 0 aliphatic heterocycles. The molecule has 84 valence electrons. The summed E-state index contributed by atoms with van der Waals surface area (Å²) in [7, 11) is 0. The Hall–Kier alpha value is -0.570. The molecular formula is C12H19BrN2. The lowest BCUT2D eigenvalue weighted by atomic mass is 10.0. The third-order valence-electron chi connectivity index (χ3n) is 2.63. The van der Waals surface area contributed by atoms with Crippen LogP contribution in [0.1, 0.15) is 33.6 Å². The summed E-state index contributed by atoms with van der Waals surface area (Å²) in [5.41, 5.74) is 1.13. The number of hydrogen-bond acceptors (Lipinski definition) is 2. The highest BCUT2D eigenvalue weighted by atomic mass is 79.9. The van der Waals surface area contributed by atoms with Gasteiger partial charge in [-0.25, -0.2) is 0 Å². The average molecular weight is 271 g/mol. The van der Waals surface area contributed by atoms with Gasteiger partial charge in [0, 0.05) is 18.4 Å². The molecule has 0 aliphatic rings. The summed E-state index contributed by atoms with van der Waals surface area (Å²) in [5, 5.41) is 3.49. The van der Waals surface area contributed by atoms with Crippen LogP contribution in [0, 0.1) is 5.92 Å². The van der Waals surface area contributed by atoms with Crippen molar-refractivity contribution in [2.75, 3.05) is 5.32 Å². The van der Waals surface area contributed by atoms with Crippen molar-refractivity contribution in [3.8, 4) is 0 Å². The van der Waals surface area contributed by atoms with E-state index in [1.165, 1.54) is 12.8 Å². The highest BCUT2D eigenvalue weighted by Crippen LogP contribution is 2.22. The topological polar surface area (TPSA) is 24.9 Å². The van der Waals surface area contributed by atoms with Crippen LogP contribution in [-0.4, -0.2) is 11.0 Å². The predicted molar refractivity (Wildman–Crippen MR) is 69.1 cm³/mol. The van der Waals surface area contributed by atoms with Gasteiger partial charge in [-0.15, -0.1) is 0 Å². The maximum atomic E-state index is 4.04. The molecule has 2 nitrogen and oxygen atoms in total. The Balaban J connectivity index is 2.51. The van der Waals surface area contributed by atoms with Crippen LogP contribution in [0.15, 0.2) is 22.9 Å². The first-order chi connectivity index (χ1) is 7.13. The minimum atomic E-state index is 0.499. The van der Waals surface area contributed by atoms with E-state index in [0.29, 0.717) is 6.04 Å². The zero-order chi connectivity index (χ0) is 11.3. The van der Waals surface area contributed by atoms with Gasteiger partial charge in [-0.2, -0.15) is 0 Å². The molecule has 0 fully saturated rings. The van der Waals surface area contributed by atoms with E-state index >= 15 is 0 Å². The summed E-state index contributed by atoms with van der Waals surface area (Å²) in [5.74, 6) is 0.771. The summed E-state index contributed by atoms with van der Waals surface area (Å²) < 4.78 is 1.03. The molecule has 1 aromatic rings. The fourth-order valence-electron chi connectivity index (χ4n) is 1.59. The highest BCUT2D eigenvalue weighted by molar-refractivity contribution is 9.10. The quantitative estimate of drug-likeness (QED) is 0.872. The van der Waals surface area contributed by atoms with Crippen LogP contribution >= 0.6 is 15.9 Å². The van der Waals surface area contributed by atoms with Gasteiger partial charge < -0.3 is 5.32 Å². The number of halogens is 1. The van der Waals surface area contributed by atoms with Crippen molar-refractivity contribution in [3.63, 3.8) is 0 Å². The molecule has 0 saturated carbocycles. The van der Waals surface area contributed by atoms with Crippen molar-refractivity contribution < 1.29 is 0 Å². The summed E-state index contributed by atoms with van der Waals surface area (Å²) in [6.07, 6.45) is 6.07. The number of nitrogens with one attached hydrogen (secondary N) is 1. The molecule has 2 unspecified atom stereocenters. The average Bonchev–Trinajstić information content (AvgIpc) is 2.21. The van der Waals surface area contributed by atoms with Crippen molar-refractivity contribution in [2.45, 2.75) is 39.7 Å². The second kappa shape index (κ2) is 6.11. The van der Waals surface area contributed by atoms with Gasteiger partial charge in [-0.1, -0.05) is 20.3 Å². The van der Waals surface area contributed by atoms with Crippen LogP contribution in [0.5, 0.6) is 0 Å². The monoisotopic (exact) mass is 270 g/mol. The molecular weight excluding hydrogens is 252 g/mol. The van der Waals surface area contributed by atoms with E-state index in [4.69, 9.17) is 0 Å². The van der Waals surface area contributed by atoms with Gasteiger partial charge in [0.05, 0.1) is 10.2 Å². The van der Waals surface area contributed by atoms with Crippen LogP contribution in [0.2, 0.25) is 0 Å². The van der Waals surface area contributed by atoms with E-state index in [9.17, 15) is 0 Å². The fraction of sp³-hybridized carbons (Fsp3) is 0.583. The molecule has 0 bridgehead atoms. The van der Waals surface area contributed by atoms with Crippen LogP contribution in [0.3, 0.4) is 0 Å². The Morgan fingerprint density at radius 2 is 2.20 bits per heavy atom. The Bertz CT molecular complexity index is 301. The smallest absolute Gasteiger partial charge is 0.0590 e. The standard InChI is InChI=1S/C12H19BrN2/c1-4-9(2)7-10(3)15-12-5-6-14-8-11(12)13/h5-6,8-10H,4,7H2,1-3H3,(H,14,15). The Morgan fingerprint density at radius 1 is 1.47 bits per heavy atom. The Labute approximate surface area is 101 Å². The molecule has 1 rings (SSSR count). The molecule has 0 aromatic carbocycles. The molecule has 1 heterocycles. The van der Waals surface area contributed by atoms with Gasteiger partial charge in [0.25, 0.3) is 0 Å². The number of rotatable bonds is 5. The van der Waals surface area contributed by atoms with Crippen molar-refractivity contribution in [1.82, 2.24) is 4.98 Å². The predicted octanol–water partition coefficient (Wildman–Crippen LogP) is 4.08. The number of aromatic nitrogens is 1. The van der Waals surface area contributed by atoms with E-state index in [1.807, 2.05) is 18.5 Å². The van der Waals surface area contributed by atoms with E-state index in [2.05, 4.69) is 47.0 Å². The van der Waals surface area contributed by atoms with Crippen molar-refractivity contribution in [1.29, 1.82) is 0 Å². The number of hydrogen-bond donors (Lipinski definition) is 1. The summed E-state index contributed by atoms with van der Waals surface area (Å²) in [4.78, 5) is 4.04. The first-order valence-corrected chi connectivity index (χ1v) is 6.28. The van der Waals surface area contributed by atoms with Gasteiger partial charge in [0.1, 0.15) is 0 Å². The summed E-state index contributed by atoms with van der Waals surface area (Å²) in [6.45, 7) is 6.75. The van der Waals surface area contributed by atoms with E-state index in [-0.39, 0.29) is 0 Å². The minimum absolute atomic E-state index is 0.499. The number of nitrogens with zero attached hydrogens (tertiary/aromatic N) is 1. The second-order valence-corrected chi connectivity index (χ2v) is 5.00. The number of anilines is 1. The van der Waals surface area contributed by atoms with Crippen molar-refractivity contribution in [2.24, 2.45) is 5.92 Å². The first-order valence-electron chi connectivity index (χ1n) is 5.49. The maximum Gasteiger partial charge on any atom is 0.0590 e. The van der Waals surface area contributed by atoms with Crippen molar-refractivity contribution in [3.05, 3.63) is 22.9 Å². The van der Waals surface area contributed by atoms with Crippen LogP contribution in [0.25, 0.3) is 0 Å². The maximum absolute atomic E-state index is 4.04. The van der Waals surface area contributed by atoms with Gasteiger partial charge in [-0.05, 0) is 41.3 Å². The SMILES string of the molecule is CCC(C)CC(C)Nc1ccncc1Br. The Kier molecular flexibility index (Phi) is 5.09. The summed E-state index contributed by atoms with van der Waals surface area (Å²) >= 11 is 3.48. The van der Waals surface area contributed by atoms with Crippen LogP contribution in [0.4, 0.5) is 5.69 Å². The largest absolute Gasteiger partial charge is 0.382 e. The fourth-order valence-corrected chi connectivity index (χ4v) is 1.95. The molecule has 0 amide bonds. The van der Waals surface area contributed by atoms with Gasteiger partial charge in [0.2, 0.25) is 0 Å². The molecule has 1 aromatic heterocycles. The van der Waals surface area contributed by atoms with Crippen LogP contribution < -0.4 is 5.32 Å². The summed E-state index contributed by atoms with van der Waals surface area (Å²) in [6, 6.07) is 2.50.